The van der Waals surface area contributed by atoms with Gasteiger partial charge in [0, 0.05) is 17.2 Å². The van der Waals surface area contributed by atoms with Crippen LogP contribution in [0, 0.1) is 0 Å². The predicted molar refractivity (Wildman–Crippen MR) is 103 cm³/mol. The number of nitrogens with zero attached hydrogens (tertiary/aromatic N) is 1. The number of cyclic esters (lactones) is 1. The summed E-state index contributed by atoms with van der Waals surface area (Å²) in [7, 11) is 0. The molecule has 0 saturated heterocycles. The van der Waals surface area contributed by atoms with Crippen molar-refractivity contribution in [1.29, 1.82) is 0 Å². The Morgan fingerprint density at radius 3 is 2.57 bits per heavy atom. The van der Waals surface area contributed by atoms with Crippen molar-refractivity contribution >= 4 is 35.5 Å². The van der Waals surface area contributed by atoms with Crippen LogP contribution < -0.4 is 0 Å². The van der Waals surface area contributed by atoms with E-state index in [2.05, 4.69) is 4.99 Å². The Bertz CT molecular complexity index is 1140. The highest BCUT2D eigenvalue weighted by Crippen LogP contribution is 2.28. The van der Waals surface area contributed by atoms with Crippen LogP contribution in [0.2, 0.25) is 5.02 Å². The zero-order valence-electron chi connectivity index (χ0n) is 14.3. The number of ether oxygens (including phenoxy) is 1. The molecule has 4 rings (SSSR count). The van der Waals surface area contributed by atoms with E-state index in [4.69, 9.17) is 20.8 Å². The second kappa shape index (κ2) is 7.17. The van der Waals surface area contributed by atoms with Crippen LogP contribution in [-0.2, 0) is 9.53 Å². The van der Waals surface area contributed by atoms with Crippen LogP contribution in [0.1, 0.15) is 21.7 Å². The first-order valence-corrected chi connectivity index (χ1v) is 8.60. The number of carbonyl (C=O) groups is 2. The van der Waals surface area contributed by atoms with Crippen molar-refractivity contribution in [3.8, 4) is 11.3 Å². The van der Waals surface area contributed by atoms with Gasteiger partial charge in [0.2, 0.25) is 5.90 Å². The number of halogens is 1. The molecule has 0 fully saturated rings. The second-order valence-corrected chi connectivity index (χ2v) is 6.31. The van der Waals surface area contributed by atoms with Crippen LogP contribution >= 0.6 is 11.6 Å². The Morgan fingerprint density at radius 1 is 1.04 bits per heavy atom. The summed E-state index contributed by atoms with van der Waals surface area (Å²) in [5.41, 5.74) is 1.34. The van der Waals surface area contributed by atoms with Crippen LogP contribution in [0.4, 0.5) is 0 Å². The maximum absolute atomic E-state index is 12.1. The number of aliphatic imine (C=N–C) groups is 1. The van der Waals surface area contributed by atoms with E-state index < -0.39 is 11.9 Å². The van der Waals surface area contributed by atoms with Gasteiger partial charge in [-0.3, -0.25) is 0 Å². The van der Waals surface area contributed by atoms with Crippen LogP contribution in [-0.4, -0.2) is 22.9 Å². The fraction of sp³-hybridized carbons (Fsp3) is 0. The van der Waals surface area contributed by atoms with Crippen LogP contribution in [0.3, 0.4) is 0 Å². The van der Waals surface area contributed by atoms with Crippen molar-refractivity contribution in [1.82, 2.24) is 0 Å². The fourth-order valence-corrected chi connectivity index (χ4v) is 2.87. The third kappa shape index (κ3) is 3.45. The summed E-state index contributed by atoms with van der Waals surface area (Å²) >= 11 is 5.89. The summed E-state index contributed by atoms with van der Waals surface area (Å²) in [5.74, 6) is -0.655. The molecule has 0 unspecified atom stereocenters. The van der Waals surface area contributed by atoms with Crippen molar-refractivity contribution < 1.29 is 23.8 Å². The van der Waals surface area contributed by atoms with Crippen molar-refractivity contribution in [3.63, 3.8) is 0 Å². The Morgan fingerprint density at radius 2 is 1.82 bits per heavy atom. The first-order valence-electron chi connectivity index (χ1n) is 8.22. The molecule has 0 atom stereocenters. The molecule has 3 aromatic rings. The summed E-state index contributed by atoms with van der Waals surface area (Å²) < 4.78 is 10.9. The SMILES string of the molecule is O=C1OC(c2ccccc2)=N/C1=C/c1ccc(-c2ccc(Cl)c(C(=O)O)c2)o1. The highest BCUT2D eigenvalue weighted by Gasteiger charge is 2.24. The standard InChI is InChI=1S/C21H12ClNO5/c22-16-8-6-13(10-15(16)20(24)25)18-9-7-14(27-18)11-17-21(26)28-19(23-17)12-4-2-1-3-5-12/h1-11H,(H,24,25)/b17-11+. The predicted octanol–water partition coefficient (Wildman–Crippen LogP) is 4.64. The van der Waals surface area contributed by atoms with Gasteiger partial charge in [-0.25, -0.2) is 14.6 Å². The van der Waals surface area contributed by atoms with Crippen molar-refractivity contribution in [2.24, 2.45) is 4.99 Å². The number of hydrogen-bond acceptors (Lipinski definition) is 5. The van der Waals surface area contributed by atoms with Gasteiger partial charge in [-0.05, 0) is 42.5 Å². The van der Waals surface area contributed by atoms with Crippen molar-refractivity contribution in [2.45, 2.75) is 0 Å². The molecule has 7 heteroatoms. The molecule has 0 spiro atoms. The number of carbonyl (C=O) groups excluding carboxylic acids is 1. The van der Waals surface area contributed by atoms with Gasteiger partial charge in [-0.1, -0.05) is 29.8 Å². The Kier molecular flexibility index (Phi) is 4.55. The maximum atomic E-state index is 12.1. The zero-order valence-corrected chi connectivity index (χ0v) is 15.0. The van der Waals surface area contributed by atoms with Gasteiger partial charge in [0.05, 0.1) is 10.6 Å². The highest BCUT2D eigenvalue weighted by atomic mass is 35.5. The Labute approximate surface area is 164 Å². The average Bonchev–Trinajstić information content (AvgIpc) is 3.30. The minimum absolute atomic E-state index is 0.0213. The number of hydrogen-bond donors (Lipinski definition) is 1. The normalized spacial score (nSPS) is 14.8. The number of carboxylic acid groups (broad SMARTS) is 1. The van der Waals surface area contributed by atoms with E-state index in [1.807, 2.05) is 18.2 Å². The lowest BCUT2D eigenvalue weighted by atomic mass is 10.1. The second-order valence-electron chi connectivity index (χ2n) is 5.90. The van der Waals surface area contributed by atoms with Crippen molar-refractivity contribution in [3.05, 3.63) is 88.3 Å². The molecule has 1 aliphatic rings. The molecule has 2 aromatic carbocycles. The number of benzene rings is 2. The Hall–Kier alpha value is -3.64. The first kappa shape index (κ1) is 17.8. The van der Waals surface area contributed by atoms with Gasteiger partial charge < -0.3 is 14.3 Å². The molecular formula is C21H12ClNO5. The van der Waals surface area contributed by atoms with Gasteiger partial charge in [0.1, 0.15) is 11.5 Å². The monoisotopic (exact) mass is 393 g/mol. The summed E-state index contributed by atoms with van der Waals surface area (Å²) in [4.78, 5) is 27.5. The zero-order chi connectivity index (χ0) is 19.7. The van der Waals surface area contributed by atoms with Gasteiger partial charge in [-0.15, -0.1) is 0 Å². The fourth-order valence-electron chi connectivity index (χ4n) is 2.68. The van der Waals surface area contributed by atoms with Crippen LogP contribution in [0.25, 0.3) is 17.4 Å². The molecule has 1 N–H and O–H groups in total. The summed E-state index contributed by atoms with van der Waals surface area (Å²) in [6, 6.07) is 17.0. The molecule has 0 radical (unpaired) electrons. The lowest BCUT2D eigenvalue weighted by molar-refractivity contribution is -0.129. The molecule has 28 heavy (non-hydrogen) atoms. The number of esters is 1. The molecule has 1 aliphatic heterocycles. The third-order valence-corrected chi connectivity index (χ3v) is 4.36. The molecule has 0 bridgehead atoms. The minimum Gasteiger partial charge on any atom is -0.478 e. The topological polar surface area (TPSA) is 89.1 Å². The Balaban J connectivity index is 1.63. The van der Waals surface area contributed by atoms with E-state index in [-0.39, 0.29) is 22.2 Å². The number of aromatic carboxylic acids is 1. The quantitative estimate of drug-likeness (QED) is 0.515. The van der Waals surface area contributed by atoms with Crippen molar-refractivity contribution in [2.75, 3.05) is 0 Å². The molecule has 1 aromatic heterocycles. The smallest absolute Gasteiger partial charge is 0.363 e. The molecule has 138 valence electrons. The van der Waals surface area contributed by atoms with E-state index in [0.29, 0.717) is 22.6 Å². The average molecular weight is 394 g/mol. The van der Waals surface area contributed by atoms with E-state index in [0.717, 1.165) is 0 Å². The van der Waals surface area contributed by atoms with Crippen LogP contribution in [0.15, 0.2) is 75.8 Å². The lowest BCUT2D eigenvalue weighted by Crippen LogP contribution is -2.04. The lowest BCUT2D eigenvalue weighted by Gasteiger charge is -2.01. The number of rotatable bonds is 4. The molecule has 0 amide bonds. The van der Waals surface area contributed by atoms with Gasteiger partial charge >= 0.3 is 11.9 Å². The molecule has 6 nitrogen and oxygen atoms in total. The third-order valence-electron chi connectivity index (χ3n) is 4.03. The molecular weight excluding hydrogens is 382 g/mol. The van der Waals surface area contributed by atoms with Gasteiger partial charge in [-0.2, -0.15) is 0 Å². The minimum atomic E-state index is -1.13. The van der Waals surface area contributed by atoms with Gasteiger partial charge in [0.25, 0.3) is 0 Å². The summed E-state index contributed by atoms with van der Waals surface area (Å²) in [6.45, 7) is 0. The van der Waals surface area contributed by atoms with E-state index >= 15 is 0 Å². The largest absolute Gasteiger partial charge is 0.478 e. The van der Waals surface area contributed by atoms with E-state index in [9.17, 15) is 14.7 Å². The molecule has 2 heterocycles. The van der Waals surface area contributed by atoms with E-state index in [1.165, 1.54) is 18.2 Å². The molecule has 0 aliphatic carbocycles. The van der Waals surface area contributed by atoms with Gasteiger partial charge in [0.15, 0.2) is 5.70 Å². The first-order chi connectivity index (χ1) is 13.5. The summed E-state index contributed by atoms with van der Waals surface area (Å²) in [5, 5.41) is 9.33. The van der Waals surface area contributed by atoms with Crippen LogP contribution in [0.5, 0.6) is 0 Å². The number of carboxylic acids is 1. The highest BCUT2D eigenvalue weighted by molar-refractivity contribution is 6.33. The number of furan rings is 1. The molecule has 0 saturated carbocycles. The van der Waals surface area contributed by atoms with E-state index in [1.54, 1.807) is 30.3 Å². The summed E-state index contributed by atoms with van der Waals surface area (Å²) in [6.07, 6.45) is 1.47. The maximum Gasteiger partial charge on any atom is 0.363 e.